The molecule has 2 aromatic rings. The topological polar surface area (TPSA) is 86.2 Å². The van der Waals surface area contributed by atoms with E-state index in [0.717, 1.165) is 10.5 Å². The molecule has 2 aromatic carbocycles. The van der Waals surface area contributed by atoms with Crippen molar-refractivity contribution < 1.29 is 8.42 Å². The summed E-state index contributed by atoms with van der Waals surface area (Å²) < 4.78 is 22.8. The summed E-state index contributed by atoms with van der Waals surface area (Å²) >= 11 is 1.41. The zero-order valence-corrected chi connectivity index (χ0v) is 12.0. The van der Waals surface area contributed by atoms with Crippen molar-refractivity contribution in [1.29, 1.82) is 0 Å². The van der Waals surface area contributed by atoms with Crippen LogP contribution in [0.2, 0.25) is 0 Å². The molecule has 0 aliphatic carbocycles. The highest BCUT2D eigenvalue weighted by molar-refractivity contribution is 7.99. The molecule has 0 bridgehead atoms. The second kappa shape index (κ2) is 5.24. The van der Waals surface area contributed by atoms with E-state index in [4.69, 9.17) is 10.9 Å². The minimum atomic E-state index is -3.79. The van der Waals surface area contributed by atoms with E-state index in [1.165, 1.54) is 17.8 Å². The lowest BCUT2D eigenvalue weighted by atomic mass is 10.2. The Kier molecular flexibility index (Phi) is 3.84. The van der Waals surface area contributed by atoms with Crippen molar-refractivity contribution >= 4 is 27.5 Å². The third-order valence-electron chi connectivity index (χ3n) is 2.55. The molecule has 0 aliphatic rings. The summed E-state index contributed by atoms with van der Waals surface area (Å²) in [6.45, 7) is 1.99. The monoisotopic (exact) mass is 294 g/mol. The molecular weight excluding hydrogens is 280 g/mol. The molecule has 2 rings (SSSR count). The van der Waals surface area contributed by atoms with Crippen molar-refractivity contribution in [2.75, 3.05) is 5.73 Å². The van der Waals surface area contributed by atoms with Gasteiger partial charge in [0.15, 0.2) is 0 Å². The average Bonchev–Trinajstić information content (AvgIpc) is 2.30. The molecule has 0 saturated heterocycles. The summed E-state index contributed by atoms with van der Waals surface area (Å²) in [5, 5.41) is 5.13. The fourth-order valence-corrected chi connectivity index (χ4v) is 3.43. The van der Waals surface area contributed by atoms with Crippen LogP contribution in [-0.2, 0) is 10.0 Å². The first kappa shape index (κ1) is 13.9. The smallest absolute Gasteiger partial charge is 0.240 e. The molecule has 0 fully saturated rings. The van der Waals surface area contributed by atoms with Gasteiger partial charge >= 0.3 is 0 Å². The van der Waals surface area contributed by atoms with E-state index in [1.807, 2.05) is 31.2 Å². The van der Waals surface area contributed by atoms with Crippen LogP contribution in [0, 0.1) is 6.92 Å². The van der Waals surface area contributed by atoms with Crippen LogP contribution in [0.15, 0.2) is 57.2 Å². The van der Waals surface area contributed by atoms with E-state index >= 15 is 0 Å². The van der Waals surface area contributed by atoms with Crippen LogP contribution in [-0.4, -0.2) is 8.42 Å². The number of para-hydroxylation sites is 1. The number of nitrogens with two attached hydrogens (primary N) is 2. The lowest BCUT2D eigenvalue weighted by molar-refractivity contribution is 0.598. The van der Waals surface area contributed by atoms with Crippen LogP contribution in [0.4, 0.5) is 5.69 Å². The molecule has 0 radical (unpaired) electrons. The number of hydrogen-bond acceptors (Lipinski definition) is 4. The lowest BCUT2D eigenvalue weighted by Crippen LogP contribution is -2.14. The van der Waals surface area contributed by atoms with Crippen molar-refractivity contribution in [1.82, 2.24) is 0 Å². The third kappa shape index (κ3) is 3.28. The first-order chi connectivity index (χ1) is 8.88. The van der Waals surface area contributed by atoms with Crippen LogP contribution < -0.4 is 10.9 Å². The summed E-state index contributed by atoms with van der Waals surface area (Å²) in [4.78, 5) is 1.64. The predicted molar refractivity (Wildman–Crippen MR) is 77.5 cm³/mol. The van der Waals surface area contributed by atoms with Crippen molar-refractivity contribution in [2.24, 2.45) is 5.14 Å². The highest BCUT2D eigenvalue weighted by Crippen LogP contribution is 2.35. The molecular formula is C13H14N2O2S2. The van der Waals surface area contributed by atoms with E-state index < -0.39 is 10.0 Å². The summed E-state index contributed by atoms with van der Waals surface area (Å²) in [6.07, 6.45) is 0. The maximum Gasteiger partial charge on any atom is 0.240 e. The number of sulfonamides is 1. The maximum atomic E-state index is 11.4. The number of benzene rings is 2. The van der Waals surface area contributed by atoms with E-state index in [2.05, 4.69) is 0 Å². The van der Waals surface area contributed by atoms with Crippen molar-refractivity contribution in [2.45, 2.75) is 21.6 Å². The number of anilines is 1. The largest absolute Gasteiger partial charge is 0.397 e. The highest BCUT2D eigenvalue weighted by Gasteiger charge is 2.15. The molecule has 6 heteroatoms. The summed E-state index contributed by atoms with van der Waals surface area (Å²) in [5.41, 5.74) is 7.20. The van der Waals surface area contributed by atoms with Crippen molar-refractivity contribution in [3.8, 4) is 0 Å². The van der Waals surface area contributed by atoms with Crippen LogP contribution in [0.1, 0.15) is 5.56 Å². The quantitative estimate of drug-likeness (QED) is 0.851. The fraction of sp³-hybridized carbons (Fsp3) is 0.0769. The van der Waals surface area contributed by atoms with E-state index in [9.17, 15) is 8.42 Å². The molecule has 100 valence electrons. The molecule has 4 N–H and O–H groups in total. The Hall–Kier alpha value is -1.50. The number of primary sulfonamides is 1. The standard InChI is InChI=1S/C13H14N2O2S2/c1-9-4-2-5-10(8-9)18-11-6-3-7-12(13(11)14)19(15,16)17/h2-8H,14H2,1H3,(H2,15,16,17). The van der Waals surface area contributed by atoms with Gasteiger partial charge in [0, 0.05) is 9.79 Å². The Morgan fingerprint density at radius 3 is 2.42 bits per heavy atom. The Morgan fingerprint density at radius 1 is 1.11 bits per heavy atom. The lowest BCUT2D eigenvalue weighted by Gasteiger charge is -2.09. The minimum absolute atomic E-state index is 0.0369. The molecule has 0 saturated carbocycles. The summed E-state index contributed by atoms with van der Waals surface area (Å²) in [7, 11) is -3.79. The Balaban J connectivity index is 2.42. The third-order valence-corrected chi connectivity index (χ3v) is 4.58. The number of rotatable bonds is 3. The molecule has 0 unspecified atom stereocenters. The highest BCUT2D eigenvalue weighted by atomic mass is 32.2. The first-order valence-electron chi connectivity index (χ1n) is 5.54. The van der Waals surface area contributed by atoms with Crippen LogP contribution in [0.3, 0.4) is 0 Å². The second-order valence-electron chi connectivity index (χ2n) is 4.13. The first-order valence-corrected chi connectivity index (χ1v) is 7.90. The Morgan fingerprint density at radius 2 is 1.79 bits per heavy atom. The van der Waals surface area contributed by atoms with Gasteiger partial charge in [0.1, 0.15) is 4.90 Å². The molecule has 0 aliphatic heterocycles. The van der Waals surface area contributed by atoms with Crippen molar-refractivity contribution in [3.05, 3.63) is 48.0 Å². The summed E-state index contributed by atoms with van der Waals surface area (Å²) in [6, 6.07) is 12.7. The predicted octanol–water partition coefficient (Wildman–Crippen LogP) is 2.38. The molecule has 0 atom stereocenters. The van der Waals surface area contributed by atoms with Gasteiger partial charge in [-0.05, 0) is 31.2 Å². The molecule has 0 amide bonds. The zero-order chi connectivity index (χ0) is 14.0. The van der Waals surface area contributed by atoms with E-state index in [0.29, 0.717) is 4.90 Å². The van der Waals surface area contributed by atoms with Crippen LogP contribution in [0.5, 0.6) is 0 Å². The Bertz CT molecular complexity index is 712. The normalized spacial score (nSPS) is 11.5. The van der Waals surface area contributed by atoms with Gasteiger partial charge in [-0.3, -0.25) is 0 Å². The molecule has 0 aromatic heterocycles. The van der Waals surface area contributed by atoms with Crippen molar-refractivity contribution in [3.63, 3.8) is 0 Å². The maximum absolute atomic E-state index is 11.4. The average molecular weight is 294 g/mol. The van der Waals surface area contributed by atoms with Gasteiger partial charge in [-0.15, -0.1) is 0 Å². The van der Waals surface area contributed by atoms with Crippen LogP contribution in [0.25, 0.3) is 0 Å². The number of nitrogen functional groups attached to an aromatic ring is 1. The van der Waals surface area contributed by atoms with Gasteiger partial charge in [-0.2, -0.15) is 0 Å². The second-order valence-corrected chi connectivity index (χ2v) is 6.78. The Labute approximate surface area is 116 Å². The van der Waals surface area contributed by atoms with Gasteiger partial charge in [0.2, 0.25) is 10.0 Å². The van der Waals surface area contributed by atoms with Gasteiger partial charge < -0.3 is 5.73 Å². The fourth-order valence-electron chi connectivity index (χ4n) is 1.67. The summed E-state index contributed by atoms with van der Waals surface area (Å²) in [5.74, 6) is 0. The molecule has 19 heavy (non-hydrogen) atoms. The molecule has 4 nitrogen and oxygen atoms in total. The number of hydrogen-bond donors (Lipinski definition) is 2. The molecule has 0 spiro atoms. The zero-order valence-electron chi connectivity index (χ0n) is 10.3. The van der Waals surface area contributed by atoms with Gasteiger partial charge in [0.25, 0.3) is 0 Å². The van der Waals surface area contributed by atoms with Gasteiger partial charge in [-0.1, -0.05) is 35.5 Å². The SMILES string of the molecule is Cc1cccc(Sc2cccc(S(N)(=O)=O)c2N)c1. The van der Waals surface area contributed by atoms with E-state index in [1.54, 1.807) is 12.1 Å². The number of aryl methyl sites for hydroxylation is 1. The minimum Gasteiger partial charge on any atom is -0.397 e. The van der Waals surface area contributed by atoms with Crippen LogP contribution >= 0.6 is 11.8 Å². The van der Waals surface area contributed by atoms with Gasteiger partial charge in [-0.25, -0.2) is 13.6 Å². The van der Waals surface area contributed by atoms with Gasteiger partial charge in [0.05, 0.1) is 5.69 Å². The molecule has 0 heterocycles. The van der Waals surface area contributed by atoms with E-state index in [-0.39, 0.29) is 10.6 Å².